The normalized spacial score (nSPS) is 12.9. The zero-order chi connectivity index (χ0) is 25.4. The Balaban J connectivity index is 1.59. The van der Waals surface area contributed by atoms with Crippen molar-refractivity contribution in [3.8, 4) is 22.3 Å². The van der Waals surface area contributed by atoms with E-state index in [1.54, 1.807) is 29.9 Å². The number of nitrogens with two attached hydrogens (primary N) is 1. The number of carbonyl (C=O) groups is 1. The number of aromatic nitrogens is 2. The molecule has 1 aliphatic rings. The quantitative estimate of drug-likeness (QED) is 0.356. The largest absolute Gasteiger partial charge is 0.392 e. The lowest BCUT2D eigenvalue weighted by Gasteiger charge is -2.16. The highest BCUT2D eigenvalue weighted by molar-refractivity contribution is 7.14. The number of amides is 1. The highest BCUT2D eigenvalue weighted by atomic mass is 32.1. The second-order valence-corrected chi connectivity index (χ2v) is 10.3. The zero-order valence-corrected chi connectivity index (χ0v) is 21.1. The minimum Gasteiger partial charge on any atom is -0.392 e. The van der Waals surface area contributed by atoms with Gasteiger partial charge in [-0.05, 0) is 78.6 Å². The van der Waals surface area contributed by atoms with Gasteiger partial charge in [-0.3, -0.25) is 9.59 Å². The molecule has 0 bridgehead atoms. The van der Waals surface area contributed by atoms with E-state index >= 15 is 0 Å². The number of hydrogen-bond donors (Lipinski definition) is 3. The molecular weight excluding hydrogens is 472 g/mol. The van der Waals surface area contributed by atoms with Gasteiger partial charge in [-0.15, -0.1) is 11.3 Å². The average molecular weight is 501 g/mol. The fraction of sp³-hybridized carbons (Fsp3) is 0.250. The highest BCUT2D eigenvalue weighted by Gasteiger charge is 2.25. The number of pyridine rings is 2. The predicted octanol–water partition coefficient (Wildman–Crippen LogP) is 4.70. The fourth-order valence-electron chi connectivity index (χ4n) is 4.78. The lowest BCUT2D eigenvalue weighted by Crippen LogP contribution is -2.19. The number of nitrogens with zero attached hydrogens (tertiary/aromatic N) is 2. The number of anilines is 2. The number of aryl methyl sites for hydroxylation is 3. The van der Waals surface area contributed by atoms with Crippen LogP contribution in [-0.2, 0) is 26.5 Å². The van der Waals surface area contributed by atoms with Gasteiger partial charge in [-0.25, -0.2) is 4.98 Å². The molecule has 0 fully saturated rings. The Morgan fingerprint density at radius 3 is 2.69 bits per heavy atom. The van der Waals surface area contributed by atoms with Gasteiger partial charge in [0.2, 0.25) is 0 Å². The molecule has 0 aliphatic heterocycles. The van der Waals surface area contributed by atoms with E-state index in [-0.39, 0.29) is 18.1 Å². The van der Waals surface area contributed by atoms with E-state index in [4.69, 9.17) is 5.73 Å². The summed E-state index contributed by atoms with van der Waals surface area (Å²) in [7, 11) is 1.72. The van der Waals surface area contributed by atoms with Crippen LogP contribution in [0.15, 0.2) is 53.6 Å². The molecule has 4 N–H and O–H groups in total. The summed E-state index contributed by atoms with van der Waals surface area (Å²) in [5.74, 6) is 0.129. The smallest absolute Gasteiger partial charge is 0.274 e. The topological polar surface area (TPSA) is 110 Å². The van der Waals surface area contributed by atoms with Crippen molar-refractivity contribution in [2.45, 2.75) is 39.2 Å². The first kappa shape index (κ1) is 24.0. The molecule has 3 aromatic heterocycles. The molecule has 184 valence electrons. The standard InChI is InChI=1S/C28H28N4O3S/c1-16-7-9-18(11-21(16)25-20-5-3-4-6-23(20)36-26(25)27(29)34)19-12-22(28(35)32(2)14-19)31-24-10-8-17(15-33)13-30-24/h7-14,33H,3-6,15H2,1-2H3,(H2,29,34)(H,30,31). The van der Waals surface area contributed by atoms with Crippen LogP contribution in [0.4, 0.5) is 11.5 Å². The number of rotatable bonds is 6. The Kier molecular flexibility index (Phi) is 6.47. The van der Waals surface area contributed by atoms with Crippen LogP contribution in [0.2, 0.25) is 0 Å². The van der Waals surface area contributed by atoms with Gasteiger partial charge < -0.3 is 20.7 Å². The van der Waals surface area contributed by atoms with Crippen molar-refractivity contribution >= 4 is 28.7 Å². The third-order valence-electron chi connectivity index (χ3n) is 6.69. The molecule has 4 aromatic rings. The summed E-state index contributed by atoms with van der Waals surface area (Å²) in [4.78, 5) is 31.4. The lowest BCUT2D eigenvalue weighted by atomic mass is 9.88. The molecule has 0 spiro atoms. The second-order valence-electron chi connectivity index (χ2n) is 9.20. The second kappa shape index (κ2) is 9.72. The van der Waals surface area contributed by atoms with Crippen LogP contribution in [-0.4, -0.2) is 20.6 Å². The van der Waals surface area contributed by atoms with Crippen LogP contribution in [0.5, 0.6) is 0 Å². The molecule has 3 heterocycles. The van der Waals surface area contributed by atoms with Gasteiger partial charge in [-0.2, -0.15) is 0 Å². The van der Waals surface area contributed by atoms with E-state index in [1.165, 1.54) is 21.8 Å². The first-order valence-electron chi connectivity index (χ1n) is 11.9. The van der Waals surface area contributed by atoms with E-state index in [9.17, 15) is 14.7 Å². The number of hydrogen-bond acceptors (Lipinski definition) is 6. The lowest BCUT2D eigenvalue weighted by molar-refractivity contribution is 0.100. The molecule has 1 aromatic carbocycles. The van der Waals surface area contributed by atoms with Crippen molar-refractivity contribution in [2.75, 3.05) is 5.32 Å². The molecule has 0 unspecified atom stereocenters. The maximum Gasteiger partial charge on any atom is 0.274 e. The Labute approximate surface area is 213 Å². The molecule has 0 saturated carbocycles. The Morgan fingerprint density at radius 2 is 1.97 bits per heavy atom. The molecule has 1 aliphatic carbocycles. The van der Waals surface area contributed by atoms with Gasteiger partial charge in [0.05, 0.1) is 11.5 Å². The summed E-state index contributed by atoms with van der Waals surface area (Å²) >= 11 is 1.53. The van der Waals surface area contributed by atoms with Crippen molar-refractivity contribution in [2.24, 2.45) is 12.8 Å². The number of benzene rings is 1. The SMILES string of the molecule is Cc1ccc(-c2cc(Nc3ccc(CO)cn3)c(=O)n(C)c2)cc1-c1c(C(N)=O)sc2c1CCCC2. The summed E-state index contributed by atoms with van der Waals surface area (Å²) in [6.07, 6.45) is 7.56. The predicted molar refractivity (Wildman–Crippen MR) is 144 cm³/mol. The van der Waals surface area contributed by atoms with Crippen LogP contribution in [0, 0.1) is 6.92 Å². The molecule has 8 heteroatoms. The zero-order valence-electron chi connectivity index (χ0n) is 20.3. The van der Waals surface area contributed by atoms with E-state index in [2.05, 4.69) is 22.4 Å². The molecule has 0 radical (unpaired) electrons. The van der Waals surface area contributed by atoms with Gasteiger partial charge in [0, 0.05) is 35.4 Å². The minimum atomic E-state index is -0.387. The van der Waals surface area contributed by atoms with Gasteiger partial charge in [-0.1, -0.05) is 18.2 Å². The minimum absolute atomic E-state index is 0.0922. The van der Waals surface area contributed by atoms with Crippen molar-refractivity contribution < 1.29 is 9.90 Å². The Hall–Kier alpha value is -3.75. The summed E-state index contributed by atoms with van der Waals surface area (Å²) in [5.41, 5.74) is 12.8. The maximum atomic E-state index is 12.9. The van der Waals surface area contributed by atoms with Crippen molar-refractivity contribution in [1.82, 2.24) is 9.55 Å². The van der Waals surface area contributed by atoms with Crippen LogP contribution in [0.3, 0.4) is 0 Å². The maximum absolute atomic E-state index is 12.9. The monoisotopic (exact) mass is 500 g/mol. The number of primary amides is 1. The number of fused-ring (bicyclic) bond motifs is 1. The van der Waals surface area contributed by atoms with Crippen LogP contribution in [0.25, 0.3) is 22.3 Å². The first-order chi connectivity index (χ1) is 17.4. The number of carbonyl (C=O) groups excluding carboxylic acids is 1. The van der Waals surface area contributed by atoms with Gasteiger partial charge >= 0.3 is 0 Å². The summed E-state index contributed by atoms with van der Waals surface area (Å²) in [6, 6.07) is 11.5. The molecule has 5 rings (SSSR count). The number of thiophene rings is 1. The highest BCUT2D eigenvalue weighted by Crippen LogP contribution is 2.42. The third-order valence-corrected chi connectivity index (χ3v) is 8.00. The summed E-state index contributed by atoms with van der Waals surface area (Å²) < 4.78 is 1.54. The molecular formula is C28H28N4O3S. The Morgan fingerprint density at radius 1 is 1.17 bits per heavy atom. The van der Waals surface area contributed by atoms with Gasteiger partial charge in [0.1, 0.15) is 11.5 Å². The van der Waals surface area contributed by atoms with Crippen molar-refractivity contribution in [1.29, 1.82) is 0 Å². The molecule has 0 saturated heterocycles. The van der Waals surface area contributed by atoms with E-state index in [0.717, 1.165) is 53.5 Å². The van der Waals surface area contributed by atoms with Crippen LogP contribution < -0.4 is 16.6 Å². The van der Waals surface area contributed by atoms with E-state index in [0.29, 0.717) is 21.9 Å². The van der Waals surface area contributed by atoms with E-state index < -0.39 is 0 Å². The van der Waals surface area contributed by atoms with Crippen molar-refractivity contribution in [3.63, 3.8) is 0 Å². The fourth-order valence-corrected chi connectivity index (χ4v) is 6.04. The molecule has 1 amide bonds. The van der Waals surface area contributed by atoms with Gasteiger partial charge in [0.25, 0.3) is 11.5 Å². The first-order valence-corrected chi connectivity index (χ1v) is 12.8. The van der Waals surface area contributed by atoms with E-state index in [1.807, 2.05) is 25.3 Å². The van der Waals surface area contributed by atoms with Crippen LogP contribution >= 0.6 is 11.3 Å². The molecule has 36 heavy (non-hydrogen) atoms. The number of aliphatic hydroxyl groups is 1. The average Bonchev–Trinajstić information content (AvgIpc) is 3.27. The molecule has 7 nitrogen and oxygen atoms in total. The Bertz CT molecular complexity index is 1520. The third kappa shape index (κ3) is 4.45. The summed E-state index contributed by atoms with van der Waals surface area (Å²) in [5, 5.41) is 12.4. The van der Waals surface area contributed by atoms with Crippen LogP contribution in [0.1, 0.15) is 44.1 Å². The van der Waals surface area contributed by atoms with Crippen molar-refractivity contribution in [3.05, 3.63) is 85.6 Å². The molecule has 0 atom stereocenters. The van der Waals surface area contributed by atoms with Gasteiger partial charge in [0.15, 0.2) is 0 Å². The number of aliphatic hydroxyl groups excluding tert-OH is 1. The summed E-state index contributed by atoms with van der Waals surface area (Å²) in [6.45, 7) is 1.96. The number of nitrogens with one attached hydrogen (secondary N) is 1.